The van der Waals surface area contributed by atoms with Gasteiger partial charge in [-0.25, -0.2) is 0 Å². The predicted molar refractivity (Wildman–Crippen MR) is 62.3 cm³/mol. The van der Waals surface area contributed by atoms with Crippen LogP contribution in [0.5, 0.6) is 0 Å². The van der Waals surface area contributed by atoms with Gasteiger partial charge in [0.05, 0.1) is 11.4 Å². The van der Waals surface area contributed by atoms with Crippen molar-refractivity contribution < 1.29 is 4.79 Å². The van der Waals surface area contributed by atoms with Crippen LogP contribution < -0.4 is 5.73 Å². The Morgan fingerprint density at radius 3 is 3.20 bits per heavy atom. The van der Waals surface area contributed by atoms with Crippen molar-refractivity contribution in [3.8, 4) is 0 Å². The van der Waals surface area contributed by atoms with Crippen molar-refractivity contribution in [2.24, 2.45) is 5.73 Å². The van der Waals surface area contributed by atoms with Crippen LogP contribution in [0.3, 0.4) is 0 Å². The molecule has 1 aromatic heterocycles. The number of Topliss-reactive ketones (excluding diaryl/α,β-unsaturated/α-hetero) is 1. The number of nitrogens with zero attached hydrogens (tertiary/aromatic N) is 1. The number of ketones is 1. The van der Waals surface area contributed by atoms with E-state index in [-0.39, 0.29) is 5.78 Å². The fourth-order valence-corrected chi connectivity index (χ4v) is 2.73. The van der Waals surface area contributed by atoms with E-state index < -0.39 is 0 Å². The van der Waals surface area contributed by atoms with E-state index in [2.05, 4.69) is 4.90 Å². The molecule has 15 heavy (non-hydrogen) atoms. The molecule has 0 radical (unpaired) electrons. The monoisotopic (exact) mass is 224 g/mol. The molecule has 0 unspecified atom stereocenters. The van der Waals surface area contributed by atoms with Crippen LogP contribution in [0.2, 0.25) is 0 Å². The maximum Gasteiger partial charge on any atom is 0.186 e. The lowest BCUT2D eigenvalue weighted by atomic mass is 10.2. The van der Waals surface area contributed by atoms with E-state index >= 15 is 0 Å². The molecule has 1 aliphatic heterocycles. The fraction of sp³-hybridized carbons (Fsp3) is 0.545. The number of rotatable bonds is 4. The highest BCUT2D eigenvalue weighted by Crippen LogP contribution is 2.17. The molecule has 0 saturated carbocycles. The molecule has 1 fully saturated rings. The zero-order chi connectivity index (χ0) is 10.7. The Morgan fingerprint density at radius 2 is 2.53 bits per heavy atom. The molecule has 0 bridgehead atoms. The third-order valence-electron chi connectivity index (χ3n) is 2.91. The van der Waals surface area contributed by atoms with Gasteiger partial charge in [-0.15, -0.1) is 11.3 Å². The Kier molecular flexibility index (Phi) is 3.51. The topological polar surface area (TPSA) is 46.3 Å². The summed E-state index contributed by atoms with van der Waals surface area (Å²) in [6.07, 6.45) is 2.30. The maximum absolute atomic E-state index is 11.9. The van der Waals surface area contributed by atoms with E-state index in [1.165, 1.54) is 17.8 Å². The molecular weight excluding hydrogens is 208 g/mol. The number of hydrogen-bond donors (Lipinski definition) is 1. The van der Waals surface area contributed by atoms with Crippen molar-refractivity contribution in [1.82, 2.24) is 4.90 Å². The van der Waals surface area contributed by atoms with Crippen LogP contribution in [0.4, 0.5) is 0 Å². The zero-order valence-corrected chi connectivity index (χ0v) is 9.50. The highest BCUT2D eigenvalue weighted by molar-refractivity contribution is 7.12. The summed E-state index contributed by atoms with van der Waals surface area (Å²) in [6, 6.07) is 4.22. The molecule has 1 saturated heterocycles. The van der Waals surface area contributed by atoms with Crippen molar-refractivity contribution in [3.63, 3.8) is 0 Å². The van der Waals surface area contributed by atoms with Crippen LogP contribution >= 0.6 is 11.3 Å². The average molecular weight is 224 g/mol. The summed E-state index contributed by atoms with van der Waals surface area (Å²) in [5.41, 5.74) is 5.67. The number of likely N-dealkylation sites (tertiary alicyclic amines) is 1. The molecule has 2 N–H and O–H groups in total. The van der Waals surface area contributed by atoms with Crippen LogP contribution in [0, 0.1) is 0 Å². The van der Waals surface area contributed by atoms with Gasteiger partial charge in [0, 0.05) is 12.6 Å². The number of nitrogens with two attached hydrogens (primary N) is 1. The summed E-state index contributed by atoms with van der Waals surface area (Å²) in [4.78, 5) is 14.9. The summed E-state index contributed by atoms with van der Waals surface area (Å²) in [6.45, 7) is 2.21. The minimum atomic E-state index is 0.227. The van der Waals surface area contributed by atoms with Crippen LogP contribution in [-0.4, -0.2) is 36.4 Å². The molecule has 1 atom stereocenters. The fourth-order valence-electron chi connectivity index (χ4n) is 2.07. The standard InChI is InChI=1S/C11H16N2OS/c12-7-9-3-1-5-13(9)8-10(14)11-4-2-6-15-11/h2,4,6,9H,1,3,5,7-8,12H2/t9-/m1/s1. The van der Waals surface area contributed by atoms with Gasteiger partial charge in [0.15, 0.2) is 5.78 Å². The molecule has 4 heteroatoms. The van der Waals surface area contributed by atoms with Crippen molar-refractivity contribution in [1.29, 1.82) is 0 Å². The normalized spacial score (nSPS) is 22.1. The minimum Gasteiger partial charge on any atom is -0.329 e. The Balaban J connectivity index is 1.94. The molecular formula is C11H16N2OS. The second-order valence-electron chi connectivity index (χ2n) is 3.90. The lowest BCUT2D eigenvalue weighted by molar-refractivity contribution is 0.0928. The van der Waals surface area contributed by atoms with E-state index in [0.29, 0.717) is 19.1 Å². The predicted octanol–water partition coefficient (Wildman–Crippen LogP) is 1.35. The lowest BCUT2D eigenvalue weighted by Crippen LogP contribution is -2.38. The van der Waals surface area contributed by atoms with E-state index in [9.17, 15) is 4.79 Å². The zero-order valence-electron chi connectivity index (χ0n) is 8.69. The van der Waals surface area contributed by atoms with Crippen LogP contribution in [-0.2, 0) is 0 Å². The number of carbonyl (C=O) groups is 1. The Morgan fingerprint density at radius 1 is 1.67 bits per heavy atom. The molecule has 2 heterocycles. The molecule has 0 spiro atoms. The van der Waals surface area contributed by atoms with Crippen LogP contribution in [0.25, 0.3) is 0 Å². The number of carbonyl (C=O) groups excluding carboxylic acids is 1. The Labute approximate surface area is 93.9 Å². The highest BCUT2D eigenvalue weighted by atomic mass is 32.1. The third kappa shape index (κ3) is 2.45. The van der Waals surface area contributed by atoms with Crippen LogP contribution in [0.1, 0.15) is 22.5 Å². The Hall–Kier alpha value is -0.710. The third-order valence-corrected chi connectivity index (χ3v) is 3.82. The first-order valence-corrected chi connectivity index (χ1v) is 6.20. The second-order valence-corrected chi connectivity index (χ2v) is 4.85. The van der Waals surface area contributed by atoms with E-state index in [0.717, 1.165) is 17.8 Å². The van der Waals surface area contributed by atoms with Gasteiger partial charge in [0.25, 0.3) is 0 Å². The van der Waals surface area contributed by atoms with Crippen molar-refractivity contribution >= 4 is 17.1 Å². The van der Waals surface area contributed by atoms with Crippen molar-refractivity contribution in [2.75, 3.05) is 19.6 Å². The summed E-state index contributed by atoms with van der Waals surface area (Å²) in [5, 5.41) is 1.94. The molecule has 2 rings (SSSR count). The average Bonchev–Trinajstić information content (AvgIpc) is 2.87. The quantitative estimate of drug-likeness (QED) is 0.785. The molecule has 1 aliphatic rings. The van der Waals surface area contributed by atoms with Crippen molar-refractivity contribution in [2.45, 2.75) is 18.9 Å². The molecule has 3 nitrogen and oxygen atoms in total. The molecule has 82 valence electrons. The maximum atomic E-state index is 11.9. The van der Waals surface area contributed by atoms with Gasteiger partial charge in [0.1, 0.15) is 0 Å². The minimum absolute atomic E-state index is 0.227. The molecule has 1 aromatic rings. The highest BCUT2D eigenvalue weighted by Gasteiger charge is 2.25. The SMILES string of the molecule is NC[C@H]1CCCN1CC(=O)c1cccs1. The van der Waals surface area contributed by atoms with E-state index in [1.54, 1.807) is 0 Å². The van der Waals surface area contributed by atoms with Crippen LogP contribution in [0.15, 0.2) is 17.5 Å². The van der Waals surface area contributed by atoms with Gasteiger partial charge in [-0.2, -0.15) is 0 Å². The Bertz CT molecular complexity index is 323. The first-order valence-electron chi connectivity index (χ1n) is 5.32. The molecule has 0 amide bonds. The van der Waals surface area contributed by atoms with E-state index in [1.807, 2.05) is 17.5 Å². The smallest absolute Gasteiger partial charge is 0.186 e. The molecule has 0 aliphatic carbocycles. The number of hydrogen-bond acceptors (Lipinski definition) is 4. The summed E-state index contributed by atoms with van der Waals surface area (Å²) >= 11 is 1.52. The molecule has 0 aromatic carbocycles. The van der Waals surface area contributed by atoms with Gasteiger partial charge in [-0.05, 0) is 30.8 Å². The number of thiophene rings is 1. The van der Waals surface area contributed by atoms with Gasteiger partial charge in [-0.3, -0.25) is 9.69 Å². The van der Waals surface area contributed by atoms with Gasteiger partial charge >= 0.3 is 0 Å². The van der Waals surface area contributed by atoms with Gasteiger partial charge in [-0.1, -0.05) is 6.07 Å². The second kappa shape index (κ2) is 4.88. The summed E-state index contributed by atoms with van der Waals surface area (Å²) in [5.74, 6) is 0.227. The lowest BCUT2D eigenvalue weighted by Gasteiger charge is -2.21. The van der Waals surface area contributed by atoms with Gasteiger partial charge < -0.3 is 5.73 Å². The van der Waals surface area contributed by atoms with E-state index in [4.69, 9.17) is 5.73 Å². The summed E-state index contributed by atoms with van der Waals surface area (Å²) in [7, 11) is 0. The summed E-state index contributed by atoms with van der Waals surface area (Å²) < 4.78 is 0. The first kappa shape index (κ1) is 10.8. The largest absolute Gasteiger partial charge is 0.329 e. The van der Waals surface area contributed by atoms with Crippen molar-refractivity contribution in [3.05, 3.63) is 22.4 Å². The first-order chi connectivity index (χ1) is 7.31. The van der Waals surface area contributed by atoms with Gasteiger partial charge in [0.2, 0.25) is 0 Å².